The third kappa shape index (κ3) is 3.08. The van der Waals surface area contributed by atoms with Crippen molar-refractivity contribution in [3.63, 3.8) is 0 Å². The minimum atomic E-state index is -0.378. The van der Waals surface area contributed by atoms with Crippen molar-refractivity contribution in [2.24, 2.45) is 0 Å². The number of carbonyl (C=O) groups is 2. The minimum Gasteiger partial charge on any atom is -0.465 e. The largest absolute Gasteiger partial charge is 0.465 e. The molecule has 1 aromatic carbocycles. The second-order valence-corrected chi connectivity index (χ2v) is 3.54. The van der Waals surface area contributed by atoms with Gasteiger partial charge in [0.25, 0.3) is 0 Å². The van der Waals surface area contributed by atoms with Crippen LogP contribution in [0, 0.1) is 0 Å². The molecule has 0 fully saturated rings. The zero-order valence-corrected chi connectivity index (χ0v) is 9.61. The van der Waals surface area contributed by atoms with E-state index in [0.717, 1.165) is 5.56 Å². The smallest absolute Gasteiger partial charge is 0.337 e. The van der Waals surface area contributed by atoms with Crippen LogP contribution in [-0.4, -0.2) is 19.0 Å². The summed E-state index contributed by atoms with van der Waals surface area (Å²) in [6.45, 7) is 3.32. The summed E-state index contributed by atoms with van der Waals surface area (Å²) in [4.78, 5) is 22.2. The average molecular weight is 221 g/mol. The monoisotopic (exact) mass is 221 g/mol. The Morgan fingerprint density at radius 2 is 2.06 bits per heavy atom. The topological polar surface area (TPSA) is 55.4 Å². The molecule has 0 saturated heterocycles. The third-order valence-electron chi connectivity index (χ3n) is 2.23. The molecule has 86 valence electrons. The van der Waals surface area contributed by atoms with E-state index in [1.807, 2.05) is 13.0 Å². The van der Waals surface area contributed by atoms with Gasteiger partial charge in [0.1, 0.15) is 0 Å². The lowest BCUT2D eigenvalue weighted by Crippen LogP contribution is -2.23. The summed E-state index contributed by atoms with van der Waals surface area (Å²) in [5.41, 5.74) is 1.36. The minimum absolute atomic E-state index is 0.101. The summed E-state index contributed by atoms with van der Waals surface area (Å²) >= 11 is 0. The molecule has 0 aromatic heterocycles. The fraction of sp³-hybridized carbons (Fsp3) is 0.333. The van der Waals surface area contributed by atoms with Gasteiger partial charge in [0, 0.05) is 6.92 Å². The van der Waals surface area contributed by atoms with Gasteiger partial charge in [0.05, 0.1) is 18.7 Å². The van der Waals surface area contributed by atoms with Crippen molar-refractivity contribution >= 4 is 11.9 Å². The zero-order chi connectivity index (χ0) is 12.1. The number of esters is 1. The van der Waals surface area contributed by atoms with Gasteiger partial charge in [-0.05, 0) is 24.6 Å². The highest BCUT2D eigenvalue weighted by molar-refractivity contribution is 5.89. The second-order valence-electron chi connectivity index (χ2n) is 3.54. The normalized spacial score (nSPS) is 11.7. The van der Waals surface area contributed by atoms with Crippen LogP contribution < -0.4 is 5.32 Å². The first-order valence-corrected chi connectivity index (χ1v) is 5.00. The molecule has 16 heavy (non-hydrogen) atoms. The second kappa shape index (κ2) is 5.30. The van der Waals surface area contributed by atoms with Crippen LogP contribution in [0.1, 0.15) is 35.8 Å². The van der Waals surface area contributed by atoms with Gasteiger partial charge in [-0.1, -0.05) is 12.1 Å². The summed E-state index contributed by atoms with van der Waals surface area (Å²) in [5.74, 6) is -0.479. The van der Waals surface area contributed by atoms with Crippen LogP contribution in [0.4, 0.5) is 0 Å². The van der Waals surface area contributed by atoms with E-state index in [-0.39, 0.29) is 17.9 Å². The van der Waals surface area contributed by atoms with E-state index in [2.05, 4.69) is 10.1 Å². The Hall–Kier alpha value is -1.84. The van der Waals surface area contributed by atoms with Crippen molar-refractivity contribution < 1.29 is 14.3 Å². The summed E-state index contributed by atoms with van der Waals surface area (Å²) in [6.07, 6.45) is 0. The van der Waals surface area contributed by atoms with Crippen LogP contribution in [0.15, 0.2) is 24.3 Å². The van der Waals surface area contributed by atoms with Gasteiger partial charge in [-0.15, -0.1) is 0 Å². The maximum Gasteiger partial charge on any atom is 0.337 e. The molecule has 0 saturated carbocycles. The van der Waals surface area contributed by atoms with Crippen LogP contribution >= 0.6 is 0 Å². The van der Waals surface area contributed by atoms with Crippen molar-refractivity contribution in [3.8, 4) is 0 Å². The van der Waals surface area contributed by atoms with Crippen molar-refractivity contribution in [2.45, 2.75) is 19.9 Å². The number of rotatable bonds is 3. The van der Waals surface area contributed by atoms with E-state index in [1.165, 1.54) is 14.0 Å². The van der Waals surface area contributed by atoms with Crippen molar-refractivity contribution in [3.05, 3.63) is 35.4 Å². The Morgan fingerprint density at radius 1 is 1.38 bits per heavy atom. The standard InChI is InChI=1S/C12H15NO3/c1-8(13-9(2)14)10-5-4-6-11(7-10)12(15)16-3/h4-8H,1-3H3,(H,13,14)/t8-/m1/s1. The molecule has 0 bridgehead atoms. The highest BCUT2D eigenvalue weighted by Gasteiger charge is 2.10. The molecular formula is C12H15NO3. The Bertz CT molecular complexity index is 401. The van der Waals surface area contributed by atoms with E-state index in [0.29, 0.717) is 5.56 Å². The molecule has 1 amide bonds. The molecule has 0 aliphatic carbocycles. The van der Waals surface area contributed by atoms with Crippen LogP contribution in [-0.2, 0) is 9.53 Å². The third-order valence-corrected chi connectivity index (χ3v) is 2.23. The number of methoxy groups -OCH3 is 1. The number of nitrogens with one attached hydrogen (secondary N) is 1. The van der Waals surface area contributed by atoms with Gasteiger partial charge in [-0.25, -0.2) is 4.79 Å². The average Bonchev–Trinajstić information content (AvgIpc) is 2.27. The molecule has 1 rings (SSSR count). The van der Waals surface area contributed by atoms with Gasteiger partial charge in [0.2, 0.25) is 5.91 Å². The van der Waals surface area contributed by atoms with Crippen molar-refractivity contribution in [1.82, 2.24) is 5.32 Å². The van der Waals surface area contributed by atoms with E-state index in [4.69, 9.17) is 0 Å². The van der Waals surface area contributed by atoms with Crippen molar-refractivity contribution in [1.29, 1.82) is 0 Å². The van der Waals surface area contributed by atoms with Crippen molar-refractivity contribution in [2.75, 3.05) is 7.11 Å². The fourth-order valence-electron chi connectivity index (χ4n) is 1.44. The van der Waals surface area contributed by atoms with E-state index in [9.17, 15) is 9.59 Å². The van der Waals surface area contributed by atoms with Gasteiger partial charge in [-0.3, -0.25) is 4.79 Å². The number of benzene rings is 1. The summed E-state index contributed by atoms with van der Waals surface area (Å²) in [7, 11) is 1.34. The molecule has 0 heterocycles. The number of carbonyl (C=O) groups excluding carboxylic acids is 2. The maximum atomic E-state index is 11.3. The van der Waals surface area contributed by atoms with Gasteiger partial charge >= 0.3 is 5.97 Å². The molecule has 1 atom stereocenters. The first kappa shape index (κ1) is 12.2. The fourth-order valence-corrected chi connectivity index (χ4v) is 1.44. The van der Waals surface area contributed by atoms with E-state index >= 15 is 0 Å². The first-order valence-electron chi connectivity index (χ1n) is 5.00. The number of amides is 1. The molecule has 4 nitrogen and oxygen atoms in total. The predicted molar refractivity (Wildman–Crippen MR) is 60.0 cm³/mol. The molecule has 0 radical (unpaired) electrons. The van der Waals surface area contributed by atoms with Gasteiger partial charge in [-0.2, -0.15) is 0 Å². The maximum absolute atomic E-state index is 11.3. The molecule has 1 aromatic rings. The quantitative estimate of drug-likeness (QED) is 0.790. The zero-order valence-electron chi connectivity index (χ0n) is 9.61. The van der Waals surface area contributed by atoms with Gasteiger partial charge in [0.15, 0.2) is 0 Å². The Labute approximate surface area is 94.6 Å². The van der Waals surface area contributed by atoms with E-state index < -0.39 is 0 Å². The summed E-state index contributed by atoms with van der Waals surface area (Å²) < 4.78 is 4.63. The van der Waals surface area contributed by atoms with Crippen LogP contribution in [0.25, 0.3) is 0 Å². The Balaban J connectivity index is 2.89. The molecule has 4 heteroatoms. The molecule has 0 aliphatic heterocycles. The molecular weight excluding hydrogens is 206 g/mol. The Morgan fingerprint density at radius 3 is 2.62 bits per heavy atom. The van der Waals surface area contributed by atoms with Crippen LogP contribution in [0.3, 0.4) is 0 Å². The lowest BCUT2D eigenvalue weighted by Gasteiger charge is -2.13. The molecule has 0 spiro atoms. The Kier molecular flexibility index (Phi) is 4.05. The highest BCUT2D eigenvalue weighted by Crippen LogP contribution is 2.14. The molecule has 0 unspecified atom stereocenters. The number of hydrogen-bond acceptors (Lipinski definition) is 3. The first-order chi connectivity index (χ1) is 7.54. The SMILES string of the molecule is COC(=O)c1cccc([C@@H](C)NC(C)=O)c1. The lowest BCUT2D eigenvalue weighted by atomic mass is 10.1. The number of ether oxygens (including phenoxy) is 1. The lowest BCUT2D eigenvalue weighted by molar-refractivity contribution is -0.119. The number of hydrogen-bond donors (Lipinski definition) is 1. The summed E-state index contributed by atoms with van der Waals surface area (Å²) in [6, 6.07) is 6.89. The molecule has 1 N–H and O–H groups in total. The van der Waals surface area contributed by atoms with Gasteiger partial charge < -0.3 is 10.1 Å². The summed E-state index contributed by atoms with van der Waals surface area (Å²) in [5, 5.41) is 2.75. The van der Waals surface area contributed by atoms with Crippen LogP contribution in [0.5, 0.6) is 0 Å². The highest BCUT2D eigenvalue weighted by atomic mass is 16.5. The van der Waals surface area contributed by atoms with Crippen LogP contribution in [0.2, 0.25) is 0 Å². The predicted octanol–water partition coefficient (Wildman–Crippen LogP) is 1.67. The molecule has 0 aliphatic rings. The van der Waals surface area contributed by atoms with E-state index in [1.54, 1.807) is 18.2 Å².